The highest BCUT2D eigenvalue weighted by atomic mass is 15.2. The van der Waals surface area contributed by atoms with E-state index >= 15 is 0 Å². The number of nitrogens with zero attached hydrogens (tertiary/aromatic N) is 6. The molecular weight excluding hydrogens is 312 g/mol. The molecule has 25 heavy (non-hydrogen) atoms. The summed E-state index contributed by atoms with van der Waals surface area (Å²) in [7, 11) is 4.10. The highest BCUT2D eigenvalue weighted by molar-refractivity contribution is 5.69. The van der Waals surface area contributed by atoms with E-state index in [0.717, 1.165) is 54.6 Å². The van der Waals surface area contributed by atoms with Gasteiger partial charge in [-0.25, -0.2) is 15.0 Å². The molecule has 0 saturated carbocycles. The van der Waals surface area contributed by atoms with Crippen LogP contribution in [0.4, 0.5) is 11.6 Å². The van der Waals surface area contributed by atoms with Crippen LogP contribution in [0.5, 0.6) is 0 Å². The average molecular weight is 336 g/mol. The predicted molar refractivity (Wildman–Crippen MR) is 100 cm³/mol. The molecule has 4 rings (SSSR count). The molecule has 1 fully saturated rings. The van der Waals surface area contributed by atoms with E-state index in [9.17, 15) is 0 Å². The van der Waals surface area contributed by atoms with Crippen LogP contribution in [0, 0.1) is 6.92 Å². The molecule has 1 unspecified atom stereocenters. The molecule has 1 aliphatic rings. The van der Waals surface area contributed by atoms with Crippen LogP contribution >= 0.6 is 0 Å². The van der Waals surface area contributed by atoms with Crippen molar-refractivity contribution < 1.29 is 0 Å². The summed E-state index contributed by atoms with van der Waals surface area (Å²) in [5, 5.41) is 0. The number of rotatable bonds is 3. The zero-order valence-corrected chi connectivity index (χ0v) is 15.1. The first-order valence-electron chi connectivity index (χ1n) is 8.81. The van der Waals surface area contributed by atoms with Crippen molar-refractivity contribution >= 4 is 17.2 Å². The van der Waals surface area contributed by atoms with Gasteiger partial charge in [-0.05, 0) is 38.0 Å². The van der Waals surface area contributed by atoms with Gasteiger partial charge in [0.2, 0.25) is 0 Å². The fourth-order valence-electron chi connectivity index (χ4n) is 3.62. The highest BCUT2D eigenvalue weighted by Crippen LogP contribution is 2.30. The minimum absolute atomic E-state index is 0.412. The monoisotopic (exact) mass is 336 g/mol. The smallest absolute Gasteiger partial charge is 0.152 e. The maximum Gasteiger partial charge on any atom is 0.152 e. The molecule has 0 aliphatic carbocycles. The number of anilines is 2. The largest absolute Gasteiger partial charge is 0.361 e. The van der Waals surface area contributed by atoms with Crippen LogP contribution in [0.15, 0.2) is 36.8 Å². The van der Waals surface area contributed by atoms with Crippen LogP contribution in [0.3, 0.4) is 0 Å². The summed E-state index contributed by atoms with van der Waals surface area (Å²) in [5.74, 6) is 3.28. The highest BCUT2D eigenvalue weighted by Gasteiger charge is 2.24. The van der Waals surface area contributed by atoms with Crippen molar-refractivity contribution in [2.75, 3.05) is 37.0 Å². The van der Waals surface area contributed by atoms with E-state index in [4.69, 9.17) is 4.98 Å². The van der Waals surface area contributed by atoms with Crippen molar-refractivity contribution in [1.29, 1.82) is 0 Å². The summed E-state index contributed by atoms with van der Waals surface area (Å²) in [4.78, 5) is 18.2. The molecule has 0 N–H and O–H groups in total. The third-order valence-corrected chi connectivity index (χ3v) is 4.86. The van der Waals surface area contributed by atoms with Gasteiger partial charge in [-0.1, -0.05) is 0 Å². The second kappa shape index (κ2) is 6.35. The zero-order chi connectivity index (χ0) is 17.4. The topological polar surface area (TPSA) is 49.6 Å². The molecular formula is C19H24N6. The van der Waals surface area contributed by atoms with E-state index in [2.05, 4.69) is 62.8 Å². The molecule has 130 valence electrons. The van der Waals surface area contributed by atoms with Gasteiger partial charge in [-0.2, -0.15) is 0 Å². The Labute approximate surface area is 148 Å². The number of hydrogen-bond donors (Lipinski definition) is 0. The van der Waals surface area contributed by atoms with Crippen molar-refractivity contribution in [3.8, 4) is 0 Å². The Morgan fingerprint density at radius 3 is 2.88 bits per heavy atom. The van der Waals surface area contributed by atoms with Gasteiger partial charge in [0.1, 0.15) is 11.6 Å². The van der Waals surface area contributed by atoms with Crippen molar-refractivity contribution in [2.45, 2.75) is 25.7 Å². The Bertz CT molecular complexity index is 885. The number of aromatic nitrogens is 4. The lowest BCUT2D eigenvalue weighted by atomic mass is 9.95. The second-order valence-corrected chi connectivity index (χ2v) is 6.93. The van der Waals surface area contributed by atoms with Gasteiger partial charge >= 0.3 is 0 Å². The molecule has 0 amide bonds. The molecule has 6 nitrogen and oxygen atoms in total. The lowest BCUT2D eigenvalue weighted by molar-refractivity contribution is 0.496. The summed E-state index contributed by atoms with van der Waals surface area (Å²) in [6, 6.07) is 6.19. The minimum atomic E-state index is 0.412. The normalized spacial score (nSPS) is 17.9. The fourth-order valence-corrected chi connectivity index (χ4v) is 3.62. The zero-order valence-electron chi connectivity index (χ0n) is 15.1. The van der Waals surface area contributed by atoms with Crippen LogP contribution in [0.25, 0.3) is 5.52 Å². The number of aryl methyl sites for hydroxylation is 1. The molecule has 1 atom stereocenters. The van der Waals surface area contributed by atoms with Crippen LogP contribution in [0.1, 0.15) is 30.3 Å². The van der Waals surface area contributed by atoms with Crippen LogP contribution in [-0.4, -0.2) is 46.5 Å². The Balaban J connectivity index is 1.66. The van der Waals surface area contributed by atoms with Crippen LogP contribution < -0.4 is 9.80 Å². The second-order valence-electron chi connectivity index (χ2n) is 6.93. The fraction of sp³-hybridized carbons (Fsp3) is 0.421. The third kappa shape index (κ3) is 3.04. The Hall–Kier alpha value is -2.63. The number of fused-ring (bicyclic) bond motifs is 1. The summed E-state index contributed by atoms with van der Waals surface area (Å²) >= 11 is 0. The molecule has 3 aromatic rings. The third-order valence-electron chi connectivity index (χ3n) is 4.86. The van der Waals surface area contributed by atoms with Crippen molar-refractivity contribution in [3.05, 3.63) is 48.3 Å². The molecule has 1 saturated heterocycles. The minimum Gasteiger partial charge on any atom is -0.361 e. The van der Waals surface area contributed by atoms with E-state index in [1.165, 1.54) is 0 Å². The molecule has 6 heteroatoms. The summed E-state index contributed by atoms with van der Waals surface area (Å²) in [5.41, 5.74) is 2.30. The van der Waals surface area contributed by atoms with Crippen molar-refractivity contribution in [1.82, 2.24) is 19.4 Å². The Morgan fingerprint density at radius 1 is 1.20 bits per heavy atom. The molecule has 1 aliphatic heterocycles. The Kier molecular flexibility index (Phi) is 4.03. The van der Waals surface area contributed by atoms with Crippen molar-refractivity contribution in [2.24, 2.45) is 0 Å². The first-order valence-corrected chi connectivity index (χ1v) is 8.81. The van der Waals surface area contributed by atoms with Gasteiger partial charge in [0.05, 0.1) is 11.2 Å². The number of hydrogen-bond acceptors (Lipinski definition) is 5. The first kappa shape index (κ1) is 15.9. The summed E-state index contributed by atoms with van der Waals surface area (Å²) in [6.45, 7) is 3.93. The summed E-state index contributed by atoms with van der Waals surface area (Å²) < 4.78 is 2.19. The molecule has 0 spiro atoms. The standard InChI is InChI=1S/C19H24N6/c1-14-20-9-8-18(21-14)25-11-4-6-15(12-25)16-13-24-10-5-7-17(24)19(22-16)23(2)3/h5,7-10,13,15H,4,6,11-12H2,1-3H3. The molecule has 4 heterocycles. The van der Waals surface area contributed by atoms with Gasteiger partial charge in [-0.15, -0.1) is 0 Å². The van der Waals surface area contributed by atoms with E-state index < -0.39 is 0 Å². The van der Waals surface area contributed by atoms with E-state index in [1.807, 2.05) is 19.2 Å². The van der Waals surface area contributed by atoms with Crippen molar-refractivity contribution in [3.63, 3.8) is 0 Å². The lowest BCUT2D eigenvalue weighted by Gasteiger charge is -2.33. The van der Waals surface area contributed by atoms with E-state index in [0.29, 0.717) is 5.92 Å². The molecule has 3 aromatic heterocycles. The van der Waals surface area contributed by atoms with E-state index in [-0.39, 0.29) is 0 Å². The number of piperidine rings is 1. The average Bonchev–Trinajstić information content (AvgIpc) is 3.09. The van der Waals surface area contributed by atoms with Gasteiger partial charge in [0, 0.05) is 51.7 Å². The molecule has 0 aromatic carbocycles. The SMILES string of the molecule is Cc1nccc(N2CCCC(c3cn4cccc4c(N(C)C)n3)C2)n1. The van der Waals surface area contributed by atoms with Gasteiger partial charge < -0.3 is 14.2 Å². The van der Waals surface area contributed by atoms with Gasteiger partial charge in [0.15, 0.2) is 5.82 Å². The van der Waals surface area contributed by atoms with E-state index in [1.54, 1.807) is 0 Å². The Morgan fingerprint density at radius 2 is 2.08 bits per heavy atom. The van der Waals surface area contributed by atoms with Crippen LogP contribution in [-0.2, 0) is 0 Å². The first-order chi connectivity index (χ1) is 12.1. The van der Waals surface area contributed by atoms with Gasteiger partial charge in [-0.3, -0.25) is 0 Å². The lowest BCUT2D eigenvalue weighted by Crippen LogP contribution is -2.35. The maximum absolute atomic E-state index is 4.99. The van der Waals surface area contributed by atoms with Crippen LogP contribution in [0.2, 0.25) is 0 Å². The summed E-state index contributed by atoms with van der Waals surface area (Å²) in [6.07, 6.45) is 8.43. The quantitative estimate of drug-likeness (QED) is 0.736. The van der Waals surface area contributed by atoms with Gasteiger partial charge in [0.25, 0.3) is 0 Å². The predicted octanol–water partition coefficient (Wildman–Crippen LogP) is 2.88. The maximum atomic E-state index is 4.99. The molecule has 0 radical (unpaired) electrons. The molecule has 0 bridgehead atoms.